The van der Waals surface area contributed by atoms with Crippen molar-refractivity contribution in [1.29, 1.82) is 0 Å². The summed E-state index contributed by atoms with van der Waals surface area (Å²) in [4.78, 5) is 1.30. The Morgan fingerprint density at radius 3 is 2.31 bits per heavy atom. The lowest BCUT2D eigenvalue weighted by molar-refractivity contribution is 0.502. The molecule has 0 radical (unpaired) electrons. The molecule has 3 nitrogen and oxygen atoms in total. The van der Waals surface area contributed by atoms with Crippen molar-refractivity contribution < 1.29 is 13.2 Å². The quantitative estimate of drug-likeness (QED) is 0.467. The molecule has 0 N–H and O–H groups in total. The Balaban J connectivity index is 1.86. The zero-order valence-corrected chi connectivity index (χ0v) is 18.4. The molecular weight excluding hydrogens is 424 g/mol. The molecule has 148 valence electrons. The predicted octanol–water partition coefficient (Wildman–Crippen LogP) is 5.97. The van der Waals surface area contributed by atoms with E-state index in [2.05, 4.69) is 12.1 Å². The highest BCUT2D eigenvalue weighted by Crippen LogP contribution is 2.40. The van der Waals surface area contributed by atoms with Crippen molar-refractivity contribution in [2.75, 3.05) is 12.5 Å². The van der Waals surface area contributed by atoms with Gasteiger partial charge < -0.3 is 4.74 Å². The van der Waals surface area contributed by atoms with Gasteiger partial charge in [0.1, 0.15) is 11.5 Å². The molecular formula is C23H19ClO3S2. The van der Waals surface area contributed by atoms with Crippen molar-refractivity contribution in [2.24, 2.45) is 0 Å². The maximum absolute atomic E-state index is 11.8. The van der Waals surface area contributed by atoms with Crippen molar-refractivity contribution in [3.8, 4) is 5.75 Å². The number of halogens is 1. The second-order valence-corrected chi connectivity index (χ2v) is 10.1. The average molecular weight is 443 g/mol. The largest absolute Gasteiger partial charge is 0.456 e. The van der Waals surface area contributed by atoms with Gasteiger partial charge in [-0.2, -0.15) is 0 Å². The summed E-state index contributed by atoms with van der Waals surface area (Å²) in [6, 6.07) is 20.8. The van der Waals surface area contributed by atoms with E-state index in [0.29, 0.717) is 11.4 Å². The highest BCUT2D eigenvalue weighted by molar-refractivity contribution is 7.98. The van der Waals surface area contributed by atoms with Gasteiger partial charge in [0.2, 0.25) is 0 Å². The number of para-hydroxylation sites is 1. The van der Waals surface area contributed by atoms with Gasteiger partial charge >= 0.3 is 0 Å². The average Bonchev–Trinajstić information content (AvgIpc) is 2.72. The van der Waals surface area contributed by atoms with Gasteiger partial charge in [0.15, 0.2) is 9.84 Å². The molecule has 0 aliphatic carbocycles. The minimum atomic E-state index is -3.25. The Kier molecular flexibility index (Phi) is 5.47. The summed E-state index contributed by atoms with van der Waals surface area (Å²) in [6.07, 6.45) is 3.90. The molecule has 1 aliphatic heterocycles. The monoisotopic (exact) mass is 442 g/mol. The van der Waals surface area contributed by atoms with Gasteiger partial charge in [-0.25, -0.2) is 8.42 Å². The first-order valence-corrected chi connectivity index (χ1v) is 12.5. The third-order valence-corrected chi connectivity index (χ3v) is 7.22. The first-order chi connectivity index (χ1) is 13.9. The van der Waals surface area contributed by atoms with Gasteiger partial charge in [-0.3, -0.25) is 0 Å². The van der Waals surface area contributed by atoms with Gasteiger partial charge in [0.05, 0.1) is 9.92 Å². The predicted molar refractivity (Wildman–Crippen MR) is 120 cm³/mol. The second kappa shape index (κ2) is 7.90. The fourth-order valence-corrected chi connectivity index (χ4v) is 4.87. The molecule has 0 spiro atoms. The van der Waals surface area contributed by atoms with Crippen LogP contribution in [0.5, 0.6) is 5.75 Å². The zero-order valence-electron chi connectivity index (χ0n) is 16.0. The summed E-state index contributed by atoms with van der Waals surface area (Å²) >= 11 is 8.07. The van der Waals surface area contributed by atoms with E-state index in [1.807, 2.05) is 36.6 Å². The summed E-state index contributed by atoms with van der Waals surface area (Å²) in [5.41, 5.74) is 3.94. The lowest BCUT2D eigenvalue weighted by Gasteiger charge is -2.24. The van der Waals surface area contributed by atoms with Crippen LogP contribution in [-0.2, 0) is 16.3 Å². The van der Waals surface area contributed by atoms with E-state index in [1.165, 1.54) is 6.26 Å². The molecule has 0 saturated carbocycles. The molecule has 0 fully saturated rings. The fourth-order valence-electron chi connectivity index (χ4n) is 3.37. The number of thioether (sulfide) groups is 1. The third kappa shape index (κ3) is 4.08. The van der Waals surface area contributed by atoms with Crippen molar-refractivity contribution in [1.82, 2.24) is 0 Å². The van der Waals surface area contributed by atoms with Crippen LogP contribution in [0.3, 0.4) is 0 Å². The van der Waals surface area contributed by atoms with E-state index < -0.39 is 9.84 Å². The number of sulfone groups is 1. The minimum absolute atomic E-state index is 0.284. The number of fused-ring (bicyclic) bond motifs is 1. The van der Waals surface area contributed by atoms with E-state index in [0.717, 1.165) is 38.7 Å². The van der Waals surface area contributed by atoms with Crippen molar-refractivity contribution in [3.63, 3.8) is 0 Å². The number of allylic oxidation sites excluding steroid dienone is 1. The summed E-state index contributed by atoms with van der Waals surface area (Å²) in [6.45, 7) is 0. The van der Waals surface area contributed by atoms with Crippen molar-refractivity contribution in [3.05, 3.63) is 88.4 Å². The van der Waals surface area contributed by atoms with E-state index in [9.17, 15) is 8.42 Å². The Hall–Kier alpha value is -2.21. The SMILES string of the molecule is CSc1ccc(C2=C(c3ccc(S(C)(=O)=O)cc3)Oc3ccccc3C2)cc1Cl. The minimum Gasteiger partial charge on any atom is -0.456 e. The normalized spacial score (nSPS) is 13.8. The topological polar surface area (TPSA) is 43.4 Å². The third-order valence-electron chi connectivity index (χ3n) is 4.87. The molecule has 4 rings (SSSR count). The highest BCUT2D eigenvalue weighted by atomic mass is 35.5. The van der Waals surface area contributed by atoms with E-state index >= 15 is 0 Å². The van der Waals surface area contributed by atoms with Crippen LogP contribution in [0.1, 0.15) is 16.7 Å². The molecule has 0 amide bonds. The highest BCUT2D eigenvalue weighted by Gasteiger charge is 2.23. The van der Waals surface area contributed by atoms with Crippen LogP contribution in [0, 0.1) is 0 Å². The Morgan fingerprint density at radius 2 is 1.66 bits per heavy atom. The molecule has 3 aromatic carbocycles. The number of rotatable bonds is 4. The van der Waals surface area contributed by atoms with Gasteiger partial charge in [-0.1, -0.05) is 35.9 Å². The van der Waals surface area contributed by atoms with Gasteiger partial charge in [-0.05, 0) is 59.8 Å². The number of ether oxygens (including phenoxy) is 1. The van der Waals surface area contributed by atoms with Crippen LogP contribution in [0.15, 0.2) is 76.5 Å². The Labute approximate surface area is 180 Å². The molecule has 1 heterocycles. The maximum Gasteiger partial charge on any atom is 0.175 e. The van der Waals surface area contributed by atoms with E-state index in [4.69, 9.17) is 16.3 Å². The van der Waals surface area contributed by atoms with Crippen molar-refractivity contribution in [2.45, 2.75) is 16.2 Å². The van der Waals surface area contributed by atoms with Crippen LogP contribution in [-0.4, -0.2) is 20.9 Å². The maximum atomic E-state index is 11.8. The fraction of sp³-hybridized carbons (Fsp3) is 0.130. The molecule has 1 aliphatic rings. The van der Waals surface area contributed by atoms with E-state index in [-0.39, 0.29) is 4.90 Å². The van der Waals surface area contributed by atoms with E-state index in [1.54, 1.807) is 36.0 Å². The molecule has 0 unspecified atom stereocenters. The van der Waals surface area contributed by atoms with Gasteiger partial charge in [-0.15, -0.1) is 11.8 Å². The molecule has 6 heteroatoms. The van der Waals surface area contributed by atoms with Crippen molar-refractivity contribution >= 4 is 44.5 Å². The number of hydrogen-bond donors (Lipinski definition) is 0. The first-order valence-electron chi connectivity index (χ1n) is 9.00. The Bertz CT molecular complexity index is 1210. The van der Waals surface area contributed by atoms with Crippen LogP contribution < -0.4 is 4.74 Å². The zero-order chi connectivity index (χ0) is 20.6. The van der Waals surface area contributed by atoms with Crippen LogP contribution in [0.4, 0.5) is 0 Å². The summed E-state index contributed by atoms with van der Waals surface area (Å²) in [7, 11) is -3.25. The lowest BCUT2D eigenvalue weighted by atomic mass is 9.92. The van der Waals surface area contributed by atoms with Gasteiger partial charge in [0, 0.05) is 28.7 Å². The molecule has 0 saturated heterocycles. The molecule has 0 atom stereocenters. The molecule has 29 heavy (non-hydrogen) atoms. The van der Waals surface area contributed by atoms with Crippen LogP contribution in [0.25, 0.3) is 11.3 Å². The van der Waals surface area contributed by atoms with Crippen LogP contribution >= 0.6 is 23.4 Å². The summed E-state index contributed by atoms with van der Waals surface area (Å²) in [5, 5.41) is 0.702. The lowest BCUT2D eigenvalue weighted by Crippen LogP contribution is -2.09. The standard InChI is InChI=1S/C23H19ClO3S2/c1-28-22-12-9-16(14-20(22)24)19-13-17-5-3-4-6-21(17)27-23(19)15-7-10-18(11-8-15)29(2,25)26/h3-12,14H,13H2,1-2H3. The smallest absolute Gasteiger partial charge is 0.175 e. The van der Waals surface area contributed by atoms with Crippen LogP contribution in [0.2, 0.25) is 5.02 Å². The molecule has 0 bridgehead atoms. The summed E-state index contributed by atoms with van der Waals surface area (Å²) in [5.74, 6) is 1.53. The number of hydrogen-bond acceptors (Lipinski definition) is 4. The Morgan fingerprint density at radius 1 is 0.966 bits per heavy atom. The molecule has 3 aromatic rings. The van der Waals surface area contributed by atoms with Gasteiger partial charge in [0.25, 0.3) is 0 Å². The first kappa shape index (κ1) is 20.1. The number of benzene rings is 3. The molecule has 0 aromatic heterocycles. The summed E-state index contributed by atoms with van der Waals surface area (Å²) < 4.78 is 29.9. The second-order valence-electron chi connectivity index (χ2n) is 6.84.